The lowest BCUT2D eigenvalue weighted by atomic mass is 9.82. The maximum absolute atomic E-state index is 13.7. The van der Waals surface area contributed by atoms with Gasteiger partial charge in [0.25, 0.3) is 5.91 Å². The molecule has 0 saturated carbocycles. The van der Waals surface area contributed by atoms with Gasteiger partial charge in [0.1, 0.15) is 11.6 Å². The minimum atomic E-state index is -0.768. The van der Waals surface area contributed by atoms with Crippen LogP contribution in [0.2, 0.25) is 0 Å². The van der Waals surface area contributed by atoms with Crippen molar-refractivity contribution in [2.75, 3.05) is 18.2 Å². The highest BCUT2D eigenvalue weighted by Crippen LogP contribution is 2.41. The molecule has 0 spiro atoms. The van der Waals surface area contributed by atoms with Crippen LogP contribution in [0.4, 0.5) is 10.1 Å². The van der Waals surface area contributed by atoms with Crippen LogP contribution in [0, 0.1) is 17.1 Å². The first kappa shape index (κ1) is 25.7. The maximum Gasteiger partial charge on any atom is 0.254 e. The Morgan fingerprint density at radius 3 is 2.41 bits per heavy atom. The van der Waals surface area contributed by atoms with Crippen molar-refractivity contribution in [3.05, 3.63) is 118 Å². The number of halogens is 1. The van der Waals surface area contributed by atoms with Gasteiger partial charge in [-0.3, -0.25) is 9.59 Å². The lowest BCUT2D eigenvalue weighted by Gasteiger charge is -2.30. The molecule has 0 fully saturated rings. The SMILES string of the molecule is COc1ccccc1NC(=O)C1=C(C)NC(SCC(=O)c2ccccc2)=C(C#N)C1c1ccc(F)cc1. The van der Waals surface area contributed by atoms with Crippen LogP contribution < -0.4 is 15.4 Å². The van der Waals surface area contributed by atoms with E-state index < -0.39 is 17.6 Å². The largest absolute Gasteiger partial charge is 0.495 e. The van der Waals surface area contributed by atoms with Crippen molar-refractivity contribution in [1.29, 1.82) is 5.26 Å². The molecule has 186 valence electrons. The Hall–Kier alpha value is -4.35. The minimum absolute atomic E-state index is 0.0862. The summed E-state index contributed by atoms with van der Waals surface area (Å²) in [6.45, 7) is 1.74. The molecule has 0 radical (unpaired) electrons. The lowest BCUT2D eigenvalue weighted by Crippen LogP contribution is -2.31. The van der Waals surface area contributed by atoms with Gasteiger partial charge in [0.05, 0.1) is 41.1 Å². The number of Topliss-reactive ketones (excluding diaryl/α,β-unsaturated/α-hetero) is 1. The molecule has 1 atom stereocenters. The van der Waals surface area contributed by atoms with Gasteiger partial charge < -0.3 is 15.4 Å². The van der Waals surface area contributed by atoms with Crippen LogP contribution >= 0.6 is 11.8 Å². The number of allylic oxidation sites excluding steroid dienone is 2. The highest BCUT2D eigenvalue weighted by atomic mass is 32.2. The van der Waals surface area contributed by atoms with Crippen molar-refractivity contribution in [3.8, 4) is 11.8 Å². The van der Waals surface area contributed by atoms with Crippen LogP contribution in [0.1, 0.15) is 28.8 Å². The van der Waals surface area contributed by atoms with Gasteiger partial charge in [0.2, 0.25) is 0 Å². The van der Waals surface area contributed by atoms with E-state index >= 15 is 0 Å². The number of dihydropyridines is 1. The minimum Gasteiger partial charge on any atom is -0.495 e. The van der Waals surface area contributed by atoms with E-state index in [1.807, 2.05) is 6.07 Å². The standard InChI is InChI=1S/C29H24FN3O3S/c1-18-26(28(35)33-23-10-6-7-11-25(23)36-2)27(20-12-14-21(30)15-13-20)22(16-31)29(32-18)37-17-24(34)19-8-4-3-5-9-19/h3-15,27,32H,17H2,1-2H3,(H,33,35). The number of hydrogen-bond acceptors (Lipinski definition) is 6. The molecule has 1 aliphatic heterocycles. The summed E-state index contributed by atoms with van der Waals surface area (Å²) in [6, 6.07) is 23.8. The number of nitrogens with one attached hydrogen (secondary N) is 2. The van der Waals surface area contributed by atoms with Gasteiger partial charge in [-0.25, -0.2) is 4.39 Å². The van der Waals surface area contributed by atoms with E-state index in [1.165, 1.54) is 31.0 Å². The first-order valence-corrected chi connectivity index (χ1v) is 12.4. The molecule has 0 bridgehead atoms. The molecular weight excluding hydrogens is 489 g/mol. The molecule has 1 aliphatic rings. The van der Waals surface area contributed by atoms with Crippen LogP contribution in [-0.2, 0) is 4.79 Å². The number of benzene rings is 3. The number of nitriles is 1. The van der Waals surface area contributed by atoms with Crippen molar-refractivity contribution >= 4 is 29.1 Å². The fraction of sp³-hybridized carbons (Fsp3) is 0.138. The van der Waals surface area contributed by atoms with Crippen molar-refractivity contribution in [2.45, 2.75) is 12.8 Å². The highest BCUT2D eigenvalue weighted by Gasteiger charge is 2.35. The number of rotatable bonds is 8. The molecule has 3 aromatic rings. The molecular formula is C29H24FN3O3S. The number of hydrogen-bond donors (Lipinski definition) is 2. The number of para-hydroxylation sites is 2. The molecule has 0 aromatic heterocycles. The molecule has 6 nitrogen and oxygen atoms in total. The van der Waals surface area contributed by atoms with E-state index in [-0.39, 0.29) is 17.1 Å². The van der Waals surface area contributed by atoms with E-state index in [1.54, 1.807) is 67.6 Å². The molecule has 2 N–H and O–H groups in total. The van der Waals surface area contributed by atoms with Crippen LogP contribution in [-0.4, -0.2) is 24.6 Å². The number of methoxy groups -OCH3 is 1. The normalized spacial score (nSPS) is 15.0. The third kappa shape index (κ3) is 5.74. The number of thioether (sulfide) groups is 1. The first-order valence-electron chi connectivity index (χ1n) is 11.5. The quantitative estimate of drug-likeness (QED) is 0.371. The van der Waals surface area contributed by atoms with E-state index in [0.29, 0.717) is 38.9 Å². The molecule has 3 aromatic carbocycles. The summed E-state index contributed by atoms with van der Waals surface area (Å²) < 4.78 is 19.1. The molecule has 1 heterocycles. The van der Waals surface area contributed by atoms with Crippen LogP contribution in [0.25, 0.3) is 0 Å². The molecule has 37 heavy (non-hydrogen) atoms. The maximum atomic E-state index is 13.7. The van der Waals surface area contributed by atoms with Gasteiger partial charge in [-0.1, -0.05) is 66.4 Å². The molecule has 1 unspecified atom stereocenters. The van der Waals surface area contributed by atoms with Gasteiger partial charge in [-0.15, -0.1) is 0 Å². The van der Waals surface area contributed by atoms with Gasteiger partial charge >= 0.3 is 0 Å². The van der Waals surface area contributed by atoms with E-state index in [4.69, 9.17) is 4.74 Å². The van der Waals surface area contributed by atoms with E-state index in [0.717, 1.165) is 0 Å². The molecule has 8 heteroatoms. The summed E-state index contributed by atoms with van der Waals surface area (Å²) in [6.07, 6.45) is 0. The third-order valence-corrected chi connectivity index (χ3v) is 6.91. The Labute approximate surface area is 218 Å². The summed E-state index contributed by atoms with van der Waals surface area (Å²) in [5.41, 5.74) is 2.74. The molecule has 4 rings (SSSR count). The van der Waals surface area contributed by atoms with Crippen molar-refractivity contribution < 1.29 is 18.7 Å². The zero-order valence-electron chi connectivity index (χ0n) is 20.2. The van der Waals surface area contributed by atoms with Crippen molar-refractivity contribution in [3.63, 3.8) is 0 Å². The second-order valence-corrected chi connectivity index (χ2v) is 9.22. The third-order valence-electron chi connectivity index (χ3n) is 5.89. The Morgan fingerprint density at radius 2 is 1.73 bits per heavy atom. The predicted octanol–water partition coefficient (Wildman–Crippen LogP) is 5.79. The van der Waals surface area contributed by atoms with Crippen LogP contribution in [0.15, 0.2) is 101 Å². The molecule has 0 saturated heterocycles. The van der Waals surface area contributed by atoms with E-state index in [9.17, 15) is 19.2 Å². The summed E-state index contributed by atoms with van der Waals surface area (Å²) in [4.78, 5) is 26.3. The zero-order valence-corrected chi connectivity index (χ0v) is 21.1. The fourth-order valence-electron chi connectivity index (χ4n) is 4.10. The second kappa shape index (κ2) is 11.6. The van der Waals surface area contributed by atoms with Gasteiger partial charge in [0.15, 0.2) is 5.78 Å². The fourth-order valence-corrected chi connectivity index (χ4v) is 5.09. The topological polar surface area (TPSA) is 91.2 Å². The number of carbonyl (C=O) groups is 2. The molecule has 1 amide bonds. The van der Waals surface area contributed by atoms with E-state index in [2.05, 4.69) is 16.7 Å². The summed E-state index contributed by atoms with van der Waals surface area (Å²) in [7, 11) is 1.51. The number of nitrogens with zero attached hydrogens (tertiary/aromatic N) is 1. The van der Waals surface area contributed by atoms with Gasteiger partial charge in [-0.05, 0) is 36.8 Å². The lowest BCUT2D eigenvalue weighted by molar-refractivity contribution is -0.113. The number of amides is 1. The van der Waals surface area contributed by atoms with Crippen LogP contribution in [0.3, 0.4) is 0 Å². The van der Waals surface area contributed by atoms with Gasteiger partial charge in [0, 0.05) is 16.8 Å². The Morgan fingerprint density at radius 1 is 1.05 bits per heavy atom. The summed E-state index contributed by atoms with van der Waals surface area (Å²) in [5.74, 6) is -1.12. The summed E-state index contributed by atoms with van der Waals surface area (Å²) in [5, 5.41) is 16.7. The zero-order chi connectivity index (χ0) is 26.4. The Bertz CT molecular complexity index is 1430. The Balaban J connectivity index is 1.70. The van der Waals surface area contributed by atoms with Crippen molar-refractivity contribution in [1.82, 2.24) is 5.32 Å². The highest BCUT2D eigenvalue weighted by molar-refractivity contribution is 8.03. The average molecular weight is 514 g/mol. The first-order chi connectivity index (χ1) is 17.9. The summed E-state index contributed by atoms with van der Waals surface area (Å²) >= 11 is 1.20. The monoisotopic (exact) mass is 513 g/mol. The smallest absolute Gasteiger partial charge is 0.254 e. The van der Waals surface area contributed by atoms with Crippen molar-refractivity contribution in [2.24, 2.45) is 0 Å². The molecule has 0 aliphatic carbocycles. The number of ketones is 1. The number of ether oxygens (including phenoxy) is 1. The number of anilines is 1. The average Bonchev–Trinajstić information content (AvgIpc) is 2.92. The number of carbonyl (C=O) groups excluding carboxylic acids is 2. The van der Waals surface area contributed by atoms with Crippen LogP contribution in [0.5, 0.6) is 5.75 Å². The Kier molecular flexibility index (Phi) is 8.06. The second-order valence-electron chi connectivity index (χ2n) is 8.24. The predicted molar refractivity (Wildman–Crippen MR) is 142 cm³/mol. The van der Waals surface area contributed by atoms with Gasteiger partial charge in [-0.2, -0.15) is 5.26 Å².